The average Bonchev–Trinajstić information content (AvgIpc) is 2.20. The fraction of sp³-hybridized carbons (Fsp3) is 0.300. The summed E-state index contributed by atoms with van der Waals surface area (Å²) in [6.45, 7) is 0.990. The molecule has 1 rings (SSSR count). The number of anilines is 1. The lowest BCUT2D eigenvalue weighted by Crippen LogP contribution is -2.37. The lowest BCUT2D eigenvalue weighted by atomic mass is 10.2. The molecule has 0 unspecified atom stereocenters. The summed E-state index contributed by atoms with van der Waals surface area (Å²) >= 11 is 5.96. The van der Waals surface area contributed by atoms with Gasteiger partial charge in [-0.05, 0) is 25.1 Å². The van der Waals surface area contributed by atoms with Crippen molar-refractivity contribution in [2.75, 3.05) is 18.0 Å². The Hall–Kier alpha value is -1.26. The zero-order chi connectivity index (χ0) is 11.3. The first-order chi connectivity index (χ1) is 7.16. The van der Waals surface area contributed by atoms with Gasteiger partial charge in [0.1, 0.15) is 0 Å². The lowest BCUT2D eigenvalue weighted by Gasteiger charge is -2.21. The lowest BCUT2D eigenvalue weighted by molar-refractivity contribution is 0.254. The third-order valence-electron chi connectivity index (χ3n) is 2.00. The Morgan fingerprint density at radius 1 is 1.40 bits per heavy atom. The highest BCUT2D eigenvalue weighted by Crippen LogP contribution is 2.24. The van der Waals surface area contributed by atoms with Crippen molar-refractivity contribution in [2.45, 2.75) is 6.42 Å². The van der Waals surface area contributed by atoms with E-state index >= 15 is 0 Å². The summed E-state index contributed by atoms with van der Waals surface area (Å²) < 4.78 is 0. The molecule has 0 aromatic heterocycles. The summed E-state index contributed by atoms with van der Waals surface area (Å²) in [5.41, 5.74) is 11.3. The van der Waals surface area contributed by atoms with Crippen molar-refractivity contribution in [1.82, 2.24) is 0 Å². The molecule has 0 saturated heterocycles. The first kappa shape index (κ1) is 11.8. The van der Waals surface area contributed by atoms with Crippen molar-refractivity contribution in [2.24, 2.45) is 11.5 Å². The first-order valence-electron chi connectivity index (χ1n) is 4.68. The molecule has 1 aromatic carbocycles. The van der Waals surface area contributed by atoms with Crippen LogP contribution in [0, 0.1) is 0 Å². The van der Waals surface area contributed by atoms with E-state index in [0.29, 0.717) is 30.2 Å². The topological polar surface area (TPSA) is 72.3 Å². The molecular weight excluding hydrogens is 214 g/mol. The molecule has 0 aliphatic rings. The van der Waals surface area contributed by atoms with Gasteiger partial charge in [-0.3, -0.25) is 4.90 Å². The Kier molecular flexibility index (Phi) is 4.39. The van der Waals surface area contributed by atoms with Crippen molar-refractivity contribution < 1.29 is 4.79 Å². The maximum absolute atomic E-state index is 11.2. The first-order valence-corrected chi connectivity index (χ1v) is 5.06. The van der Waals surface area contributed by atoms with E-state index in [9.17, 15) is 4.79 Å². The van der Waals surface area contributed by atoms with Gasteiger partial charge in [0.15, 0.2) is 0 Å². The monoisotopic (exact) mass is 227 g/mol. The summed E-state index contributed by atoms with van der Waals surface area (Å²) in [4.78, 5) is 12.6. The second-order valence-electron chi connectivity index (χ2n) is 3.08. The van der Waals surface area contributed by atoms with Crippen LogP contribution >= 0.6 is 11.6 Å². The van der Waals surface area contributed by atoms with Crippen molar-refractivity contribution in [1.29, 1.82) is 0 Å². The van der Waals surface area contributed by atoms with Gasteiger partial charge >= 0.3 is 6.03 Å². The largest absolute Gasteiger partial charge is 0.351 e. The van der Waals surface area contributed by atoms with Gasteiger partial charge in [0.2, 0.25) is 0 Å². The molecule has 0 fully saturated rings. The molecule has 0 aliphatic carbocycles. The Morgan fingerprint density at radius 3 is 2.60 bits per heavy atom. The van der Waals surface area contributed by atoms with E-state index in [-0.39, 0.29) is 0 Å². The number of hydrogen-bond donors (Lipinski definition) is 2. The van der Waals surface area contributed by atoms with Gasteiger partial charge in [0, 0.05) is 6.54 Å². The van der Waals surface area contributed by atoms with Crippen LogP contribution in [-0.4, -0.2) is 19.1 Å². The van der Waals surface area contributed by atoms with Crippen LogP contribution < -0.4 is 16.4 Å². The molecule has 1 aromatic rings. The van der Waals surface area contributed by atoms with E-state index < -0.39 is 6.03 Å². The van der Waals surface area contributed by atoms with Gasteiger partial charge in [-0.1, -0.05) is 23.7 Å². The van der Waals surface area contributed by atoms with Gasteiger partial charge in [-0.2, -0.15) is 0 Å². The number of halogens is 1. The average molecular weight is 228 g/mol. The number of carbonyl (C=O) groups is 1. The third-order valence-corrected chi connectivity index (χ3v) is 2.31. The molecule has 0 heterocycles. The quantitative estimate of drug-likeness (QED) is 0.820. The fourth-order valence-electron chi connectivity index (χ4n) is 1.27. The van der Waals surface area contributed by atoms with Crippen molar-refractivity contribution in [3.63, 3.8) is 0 Å². The van der Waals surface area contributed by atoms with Crippen LogP contribution in [0.15, 0.2) is 24.3 Å². The summed E-state index contributed by atoms with van der Waals surface area (Å²) in [7, 11) is 0. The van der Waals surface area contributed by atoms with E-state index in [0.717, 1.165) is 0 Å². The number of primary amides is 1. The van der Waals surface area contributed by atoms with Crippen LogP contribution in [0.2, 0.25) is 5.02 Å². The fourth-order valence-corrected chi connectivity index (χ4v) is 1.51. The number of hydrogen-bond acceptors (Lipinski definition) is 2. The Morgan fingerprint density at radius 2 is 2.07 bits per heavy atom. The van der Waals surface area contributed by atoms with Gasteiger partial charge < -0.3 is 11.5 Å². The van der Waals surface area contributed by atoms with Crippen molar-refractivity contribution >= 4 is 23.3 Å². The van der Waals surface area contributed by atoms with Crippen LogP contribution in [0.5, 0.6) is 0 Å². The minimum absolute atomic E-state index is 0.482. The van der Waals surface area contributed by atoms with E-state index in [2.05, 4.69) is 0 Å². The van der Waals surface area contributed by atoms with E-state index in [4.69, 9.17) is 23.1 Å². The molecule has 0 spiro atoms. The van der Waals surface area contributed by atoms with Gasteiger partial charge in [0.25, 0.3) is 0 Å². The summed E-state index contributed by atoms with van der Waals surface area (Å²) in [5.74, 6) is 0. The van der Waals surface area contributed by atoms with Crippen LogP contribution in [0.3, 0.4) is 0 Å². The Labute approximate surface area is 93.8 Å². The van der Waals surface area contributed by atoms with Crippen LogP contribution in [0.4, 0.5) is 10.5 Å². The van der Waals surface area contributed by atoms with E-state index in [1.165, 1.54) is 4.90 Å². The zero-order valence-corrected chi connectivity index (χ0v) is 9.07. The predicted molar refractivity (Wildman–Crippen MR) is 62.1 cm³/mol. The van der Waals surface area contributed by atoms with Crippen LogP contribution in [0.1, 0.15) is 6.42 Å². The molecule has 2 amide bonds. The minimum Gasteiger partial charge on any atom is -0.351 e. The summed E-state index contributed by atoms with van der Waals surface area (Å²) in [6, 6.07) is 6.56. The highest BCUT2D eigenvalue weighted by Gasteiger charge is 2.13. The number of benzene rings is 1. The second kappa shape index (κ2) is 5.58. The Balaban J connectivity index is 2.89. The maximum atomic E-state index is 11.2. The molecule has 0 saturated carbocycles. The van der Waals surface area contributed by atoms with Crippen molar-refractivity contribution in [3.8, 4) is 0 Å². The number of amides is 2. The molecule has 4 N–H and O–H groups in total. The van der Waals surface area contributed by atoms with Gasteiger partial charge in [0.05, 0.1) is 10.7 Å². The smallest absolute Gasteiger partial charge is 0.319 e. The standard InChI is InChI=1S/C10H14ClN3O/c11-8-4-1-2-5-9(8)14(10(13)15)7-3-6-12/h1-2,4-5H,3,6-7,12H2,(H2,13,15). The minimum atomic E-state index is -0.517. The normalized spacial score (nSPS) is 10.0. The van der Waals surface area contributed by atoms with Crippen LogP contribution in [-0.2, 0) is 0 Å². The van der Waals surface area contributed by atoms with Gasteiger partial charge in [-0.25, -0.2) is 4.79 Å². The predicted octanol–water partition coefficient (Wildman–Crippen LogP) is 1.57. The number of nitrogens with zero attached hydrogens (tertiary/aromatic N) is 1. The van der Waals surface area contributed by atoms with Crippen molar-refractivity contribution in [3.05, 3.63) is 29.3 Å². The molecule has 0 atom stereocenters. The number of carbonyl (C=O) groups excluding carboxylic acids is 1. The molecule has 4 nitrogen and oxygen atoms in total. The zero-order valence-electron chi connectivity index (χ0n) is 8.32. The molecule has 5 heteroatoms. The van der Waals surface area contributed by atoms with E-state index in [1.54, 1.807) is 24.3 Å². The SMILES string of the molecule is NCCCN(C(N)=O)c1ccccc1Cl. The number of para-hydroxylation sites is 1. The summed E-state index contributed by atoms with van der Waals surface area (Å²) in [6.07, 6.45) is 0.689. The third kappa shape index (κ3) is 3.11. The molecule has 0 bridgehead atoms. The van der Waals surface area contributed by atoms with Crippen LogP contribution in [0.25, 0.3) is 0 Å². The second-order valence-corrected chi connectivity index (χ2v) is 3.49. The number of rotatable bonds is 4. The summed E-state index contributed by atoms with van der Waals surface area (Å²) in [5, 5.41) is 0.508. The molecule has 0 radical (unpaired) electrons. The highest BCUT2D eigenvalue weighted by atomic mass is 35.5. The van der Waals surface area contributed by atoms with Gasteiger partial charge in [-0.15, -0.1) is 0 Å². The number of nitrogens with two attached hydrogens (primary N) is 2. The molecule has 15 heavy (non-hydrogen) atoms. The Bertz CT molecular complexity index is 343. The highest BCUT2D eigenvalue weighted by molar-refractivity contribution is 6.33. The molecule has 0 aliphatic heterocycles. The maximum Gasteiger partial charge on any atom is 0.319 e. The number of urea groups is 1. The molecular formula is C10H14ClN3O. The molecule has 82 valence electrons. The van der Waals surface area contributed by atoms with E-state index in [1.807, 2.05) is 0 Å².